The van der Waals surface area contributed by atoms with Gasteiger partial charge in [0.25, 0.3) is 0 Å². The molecule has 2 aromatic rings. The van der Waals surface area contributed by atoms with Crippen molar-refractivity contribution >= 4 is 10.9 Å². The van der Waals surface area contributed by atoms with E-state index in [1.807, 2.05) is 23.9 Å². The van der Waals surface area contributed by atoms with Gasteiger partial charge in [0.05, 0.1) is 0 Å². The molecule has 0 aliphatic heterocycles. The first-order valence-electron chi connectivity index (χ1n) is 6.86. The van der Waals surface area contributed by atoms with E-state index in [1.54, 1.807) is 0 Å². The smallest absolute Gasteiger partial charge is 0.372 e. The fourth-order valence-electron chi connectivity index (χ4n) is 2.26. The van der Waals surface area contributed by atoms with Crippen LogP contribution >= 0.6 is 0 Å². The predicted octanol–water partition coefficient (Wildman–Crippen LogP) is 3.33. The van der Waals surface area contributed by atoms with Crippen LogP contribution in [0.4, 0.5) is 13.2 Å². The molecule has 0 bridgehead atoms. The first-order valence-corrected chi connectivity index (χ1v) is 6.86. The van der Waals surface area contributed by atoms with Crippen LogP contribution in [0.3, 0.4) is 0 Å². The molecule has 116 valence electrons. The summed E-state index contributed by atoms with van der Waals surface area (Å²) < 4.78 is 42.5. The highest BCUT2D eigenvalue weighted by molar-refractivity contribution is 5.80. The third-order valence-electron chi connectivity index (χ3n) is 3.17. The van der Waals surface area contributed by atoms with Crippen molar-refractivity contribution in [3.8, 4) is 0 Å². The SMILES string of the molecule is CNCc1ccc2ccn(CCCOCC(F)(F)F)c2c1. The van der Waals surface area contributed by atoms with Crippen molar-refractivity contribution < 1.29 is 17.9 Å². The van der Waals surface area contributed by atoms with Crippen molar-refractivity contribution in [1.82, 2.24) is 9.88 Å². The molecule has 0 saturated carbocycles. The average molecular weight is 300 g/mol. The average Bonchev–Trinajstić information content (AvgIpc) is 2.80. The molecule has 0 fully saturated rings. The van der Waals surface area contributed by atoms with E-state index < -0.39 is 12.8 Å². The monoisotopic (exact) mass is 300 g/mol. The Balaban J connectivity index is 1.91. The number of fused-ring (bicyclic) bond motifs is 1. The van der Waals surface area contributed by atoms with Gasteiger partial charge in [-0.1, -0.05) is 12.1 Å². The van der Waals surface area contributed by atoms with Crippen molar-refractivity contribution in [3.05, 3.63) is 36.0 Å². The van der Waals surface area contributed by atoms with Gasteiger partial charge in [0, 0.05) is 31.4 Å². The lowest BCUT2D eigenvalue weighted by Gasteiger charge is -2.09. The zero-order chi connectivity index (χ0) is 15.3. The van der Waals surface area contributed by atoms with Gasteiger partial charge >= 0.3 is 6.18 Å². The summed E-state index contributed by atoms with van der Waals surface area (Å²) in [6.45, 7) is 0.362. The summed E-state index contributed by atoms with van der Waals surface area (Å²) in [5.41, 5.74) is 2.27. The van der Waals surface area contributed by atoms with Crippen LogP contribution in [0, 0.1) is 0 Å². The Morgan fingerprint density at radius 3 is 2.76 bits per heavy atom. The van der Waals surface area contributed by atoms with Crippen LogP contribution in [-0.2, 0) is 17.8 Å². The maximum atomic E-state index is 11.9. The quantitative estimate of drug-likeness (QED) is 0.794. The van der Waals surface area contributed by atoms with Gasteiger partial charge in [-0.05, 0) is 36.6 Å². The molecule has 0 amide bonds. The fourth-order valence-corrected chi connectivity index (χ4v) is 2.26. The predicted molar refractivity (Wildman–Crippen MR) is 76.2 cm³/mol. The fraction of sp³-hybridized carbons (Fsp3) is 0.467. The molecule has 2 rings (SSSR count). The standard InChI is InChI=1S/C15H19F3N2O/c1-19-10-12-3-4-13-5-7-20(14(13)9-12)6-2-8-21-11-15(16,17)18/h3-5,7,9,19H,2,6,8,10-11H2,1H3. The molecule has 0 saturated heterocycles. The first kappa shape index (κ1) is 15.9. The summed E-state index contributed by atoms with van der Waals surface area (Å²) in [6, 6.07) is 8.23. The lowest BCUT2D eigenvalue weighted by atomic mass is 10.1. The molecule has 6 heteroatoms. The lowest BCUT2D eigenvalue weighted by Crippen LogP contribution is -2.17. The number of rotatable bonds is 7. The van der Waals surface area contributed by atoms with Crippen molar-refractivity contribution in [2.24, 2.45) is 0 Å². The number of ether oxygens (including phenoxy) is 1. The Morgan fingerprint density at radius 1 is 1.24 bits per heavy atom. The van der Waals surface area contributed by atoms with Gasteiger partial charge < -0.3 is 14.6 Å². The largest absolute Gasteiger partial charge is 0.411 e. The molecule has 1 heterocycles. The van der Waals surface area contributed by atoms with E-state index >= 15 is 0 Å². The molecule has 1 N–H and O–H groups in total. The van der Waals surface area contributed by atoms with E-state index in [0.29, 0.717) is 13.0 Å². The number of halogens is 3. The Hall–Kier alpha value is -1.53. The molecule has 0 aliphatic carbocycles. The molecule has 1 aromatic heterocycles. The summed E-state index contributed by atoms with van der Waals surface area (Å²) in [7, 11) is 1.89. The number of hydrogen-bond donors (Lipinski definition) is 1. The van der Waals surface area contributed by atoms with Gasteiger partial charge in [0.2, 0.25) is 0 Å². The molecular weight excluding hydrogens is 281 g/mol. The van der Waals surface area contributed by atoms with Crippen LogP contribution in [0.15, 0.2) is 30.5 Å². The number of hydrogen-bond acceptors (Lipinski definition) is 2. The van der Waals surface area contributed by atoms with Crippen LogP contribution in [0.1, 0.15) is 12.0 Å². The minimum atomic E-state index is -4.25. The molecule has 0 unspecified atom stereocenters. The van der Waals surface area contributed by atoms with Crippen molar-refractivity contribution in [1.29, 1.82) is 0 Å². The van der Waals surface area contributed by atoms with Gasteiger partial charge in [-0.2, -0.15) is 13.2 Å². The molecule has 3 nitrogen and oxygen atoms in total. The molecule has 0 aliphatic rings. The highest BCUT2D eigenvalue weighted by Gasteiger charge is 2.27. The second-order valence-corrected chi connectivity index (χ2v) is 4.95. The molecule has 0 spiro atoms. The van der Waals surface area contributed by atoms with Crippen LogP contribution in [0.5, 0.6) is 0 Å². The highest BCUT2D eigenvalue weighted by atomic mass is 19.4. The summed E-state index contributed by atoms with van der Waals surface area (Å²) in [4.78, 5) is 0. The minimum absolute atomic E-state index is 0.107. The van der Waals surface area contributed by atoms with Gasteiger partial charge in [0.15, 0.2) is 0 Å². The van der Waals surface area contributed by atoms with Crippen LogP contribution in [0.2, 0.25) is 0 Å². The second-order valence-electron chi connectivity index (χ2n) is 4.95. The van der Waals surface area contributed by atoms with E-state index in [-0.39, 0.29) is 6.61 Å². The summed E-state index contributed by atoms with van der Waals surface area (Å²) in [5, 5.41) is 4.23. The Bertz CT molecular complexity index is 578. The van der Waals surface area contributed by atoms with Crippen molar-refractivity contribution in [2.75, 3.05) is 20.3 Å². The van der Waals surface area contributed by atoms with Crippen LogP contribution in [-0.4, -0.2) is 31.0 Å². The normalized spacial score (nSPS) is 12.2. The molecule has 1 aromatic carbocycles. The Morgan fingerprint density at radius 2 is 2.05 bits per heavy atom. The second kappa shape index (κ2) is 6.95. The van der Waals surface area contributed by atoms with E-state index in [0.717, 1.165) is 17.4 Å². The van der Waals surface area contributed by atoms with Gasteiger partial charge in [-0.15, -0.1) is 0 Å². The topological polar surface area (TPSA) is 26.2 Å². The zero-order valence-corrected chi connectivity index (χ0v) is 11.9. The van der Waals surface area contributed by atoms with Gasteiger partial charge in [-0.25, -0.2) is 0 Å². The number of aryl methyl sites for hydroxylation is 1. The maximum absolute atomic E-state index is 11.9. The summed E-state index contributed by atoms with van der Waals surface area (Å²) in [6.07, 6.45) is -1.74. The Labute approximate surface area is 121 Å². The number of nitrogens with zero attached hydrogens (tertiary/aromatic N) is 1. The molecular formula is C15H19F3N2O. The molecule has 21 heavy (non-hydrogen) atoms. The van der Waals surface area contributed by atoms with E-state index in [2.05, 4.69) is 28.3 Å². The van der Waals surface area contributed by atoms with E-state index in [1.165, 1.54) is 5.56 Å². The van der Waals surface area contributed by atoms with Crippen molar-refractivity contribution in [3.63, 3.8) is 0 Å². The van der Waals surface area contributed by atoms with Crippen molar-refractivity contribution in [2.45, 2.75) is 25.7 Å². The third-order valence-corrected chi connectivity index (χ3v) is 3.17. The number of benzene rings is 1. The van der Waals surface area contributed by atoms with Gasteiger partial charge in [-0.3, -0.25) is 0 Å². The zero-order valence-electron chi connectivity index (χ0n) is 11.9. The maximum Gasteiger partial charge on any atom is 0.411 e. The highest BCUT2D eigenvalue weighted by Crippen LogP contribution is 2.18. The number of nitrogens with one attached hydrogen (secondary N) is 1. The molecule has 0 atom stereocenters. The lowest BCUT2D eigenvalue weighted by molar-refractivity contribution is -0.174. The minimum Gasteiger partial charge on any atom is -0.372 e. The van der Waals surface area contributed by atoms with E-state index in [4.69, 9.17) is 0 Å². The molecule has 0 radical (unpaired) electrons. The van der Waals surface area contributed by atoms with Gasteiger partial charge in [0.1, 0.15) is 6.61 Å². The number of aromatic nitrogens is 1. The number of alkyl halides is 3. The van der Waals surface area contributed by atoms with E-state index in [9.17, 15) is 13.2 Å². The third kappa shape index (κ3) is 4.75. The van der Waals surface area contributed by atoms with Crippen LogP contribution in [0.25, 0.3) is 10.9 Å². The summed E-state index contributed by atoms with van der Waals surface area (Å²) >= 11 is 0. The Kier molecular flexibility index (Phi) is 5.25. The first-order chi connectivity index (χ1) is 9.99. The summed E-state index contributed by atoms with van der Waals surface area (Å²) in [5.74, 6) is 0. The van der Waals surface area contributed by atoms with Crippen LogP contribution < -0.4 is 5.32 Å².